The first-order valence-electron chi connectivity index (χ1n) is 7.71. The molecule has 2 aromatic rings. The average molecular weight is 372 g/mol. The molecule has 1 aromatic carbocycles. The predicted molar refractivity (Wildman–Crippen MR) is 85.3 cm³/mol. The number of carboxylic acid groups (broad SMARTS) is 1. The summed E-state index contributed by atoms with van der Waals surface area (Å²) in [5.41, 5.74) is -0.473. The number of carbonyl (C=O) groups is 2. The molecule has 1 aromatic heterocycles. The fourth-order valence-corrected chi connectivity index (χ4v) is 3.77. The minimum Gasteiger partial charge on any atom is -0.481 e. The second kappa shape index (κ2) is 6.62. The van der Waals surface area contributed by atoms with E-state index < -0.39 is 23.6 Å². The van der Waals surface area contributed by atoms with Gasteiger partial charge >= 0.3 is 12.1 Å². The zero-order chi connectivity index (χ0) is 18.2. The van der Waals surface area contributed by atoms with Gasteiger partial charge in [0, 0.05) is 25.9 Å². The van der Waals surface area contributed by atoms with E-state index in [1.807, 2.05) is 0 Å². The van der Waals surface area contributed by atoms with Gasteiger partial charge in [-0.05, 0) is 24.6 Å². The quantitative estimate of drug-likeness (QED) is 0.895. The minimum absolute atomic E-state index is 0.154. The second-order valence-electron chi connectivity index (χ2n) is 5.95. The van der Waals surface area contributed by atoms with Crippen molar-refractivity contribution in [3.63, 3.8) is 0 Å². The molecule has 1 fully saturated rings. The van der Waals surface area contributed by atoms with Crippen LogP contribution in [0.3, 0.4) is 0 Å². The van der Waals surface area contributed by atoms with Gasteiger partial charge in [0.05, 0.1) is 26.7 Å². The molecule has 134 valence electrons. The number of aliphatic carboxylic acids is 1. The summed E-state index contributed by atoms with van der Waals surface area (Å²) in [5.74, 6) is -1.58. The van der Waals surface area contributed by atoms with Gasteiger partial charge in [-0.2, -0.15) is 13.2 Å². The van der Waals surface area contributed by atoms with E-state index in [0.717, 1.165) is 12.1 Å². The normalized spacial score (nSPS) is 18.0. The predicted octanol–water partition coefficient (Wildman–Crippen LogP) is 3.18. The number of fused-ring (bicyclic) bond motifs is 1. The number of carbonyl (C=O) groups excluding carboxylic acids is 1. The van der Waals surface area contributed by atoms with Crippen LogP contribution in [-0.4, -0.2) is 40.0 Å². The smallest absolute Gasteiger partial charge is 0.416 e. The van der Waals surface area contributed by atoms with Crippen molar-refractivity contribution >= 4 is 33.4 Å². The van der Waals surface area contributed by atoms with Crippen LogP contribution >= 0.6 is 11.3 Å². The maximum absolute atomic E-state index is 12.7. The zero-order valence-electron chi connectivity index (χ0n) is 13.0. The Kier molecular flexibility index (Phi) is 4.68. The van der Waals surface area contributed by atoms with Gasteiger partial charge in [-0.1, -0.05) is 0 Å². The van der Waals surface area contributed by atoms with Crippen LogP contribution in [0.5, 0.6) is 0 Å². The van der Waals surface area contributed by atoms with Crippen molar-refractivity contribution in [2.45, 2.75) is 25.4 Å². The molecule has 1 N–H and O–H groups in total. The molecule has 0 spiro atoms. The lowest BCUT2D eigenvalue weighted by molar-refractivity contribution is -0.141. The third kappa shape index (κ3) is 3.92. The Morgan fingerprint density at radius 2 is 2.12 bits per heavy atom. The Labute approximate surface area is 145 Å². The Morgan fingerprint density at radius 3 is 2.76 bits per heavy atom. The summed E-state index contributed by atoms with van der Waals surface area (Å²) < 4.78 is 38.8. The summed E-state index contributed by atoms with van der Waals surface area (Å²) in [7, 11) is 0. The number of carboxylic acids is 1. The van der Waals surface area contributed by atoms with Crippen LogP contribution in [0, 0.1) is 5.92 Å². The van der Waals surface area contributed by atoms with Crippen molar-refractivity contribution in [2.75, 3.05) is 13.1 Å². The van der Waals surface area contributed by atoms with Crippen LogP contribution in [0.15, 0.2) is 18.2 Å². The minimum atomic E-state index is -4.41. The van der Waals surface area contributed by atoms with Crippen molar-refractivity contribution in [1.29, 1.82) is 0 Å². The van der Waals surface area contributed by atoms with Gasteiger partial charge in [0.15, 0.2) is 0 Å². The topological polar surface area (TPSA) is 70.5 Å². The zero-order valence-corrected chi connectivity index (χ0v) is 13.9. The Bertz CT molecular complexity index is 819. The van der Waals surface area contributed by atoms with Gasteiger partial charge in [-0.3, -0.25) is 9.59 Å². The molecule has 25 heavy (non-hydrogen) atoms. The number of rotatable bonds is 4. The number of nitrogens with zero attached hydrogens (tertiary/aromatic N) is 2. The highest BCUT2D eigenvalue weighted by Gasteiger charge is 2.31. The monoisotopic (exact) mass is 372 g/mol. The average Bonchev–Trinajstić information content (AvgIpc) is 3.17. The van der Waals surface area contributed by atoms with Crippen molar-refractivity contribution in [2.24, 2.45) is 5.92 Å². The van der Waals surface area contributed by atoms with Gasteiger partial charge in [0.25, 0.3) is 0 Å². The standard InChI is InChI=1S/C16H15F3N2O3S/c17-16(18,19)10-1-2-12-11(7-10)20-13(25-12)3-4-14(22)21-6-5-9(8-21)15(23)24/h1-2,7,9H,3-6,8H2,(H,23,24). The lowest BCUT2D eigenvalue weighted by Gasteiger charge is -2.15. The Hall–Kier alpha value is -2.16. The molecule has 5 nitrogen and oxygen atoms in total. The fourth-order valence-electron chi connectivity index (χ4n) is 2.82. The van der Waals surface area contributed by atoms with Crippen LogP contribution < -0.4 is 0 Å². The molecule has 9 heteroatoms. The van der Waals surface area contributed by atoms with E-state index >= 15 is 0 Å². The molecular weight excluding hydrogens is 357 g/mol. The number of aryl methyl sites for hydroxylation is 1. The molecule has 0 bridgehead atoms. The number of likely N-dealkylation sites (tertiary alicyclic amines) is 1. The molecule has 3 rings (SSSR count). The molecule has 1 aliphatic heterocycles. The van der Waals surface area contributed by atoms with Gasteiger partial charge in [0.1, 0.15) is 0 Å². The summed E-state index contributed by atoms with van der Waals surface area (Å²) in [6, 6.07) is 3.42. The SMILES string of the molecule is O=C(O)C1CCN(C(=O)CCc2nc3cc(C(F)(F)F)ccc3s2)C1. The number of hydrogen-bond acceptors (Lipinski definition) is 4. The molecule has 1 unspecified atom stereocenters. The van der Waals surface area contributed by atoms with E-state index in [-0.39, 0.29) is 24.4 Å². The largest absolute Gasteiger partial charge is 0.481 e. The molecular formula is C16H15F3N2O3S. The van der Waals surface area contributed by atoms with Gasteiger partial charge in [-0.15, -0.1) is 11.3 Å². The molecule has 2 heterocycles. The molecule has 1 saturated heterocycles. The van der Waals surface area contributed by atoms with E-state index in [1.165, 1.54) is 22.3 Å². The number of alkyl halides is 3. The summed E-state index contributed by atoms with van der Waals surface area (Å²) in [6.45, 7) is 0.632. The van der Waals surface area contributed by atoms with Gasteiger partial charge in [0.2, 0.25) is 5.91 Å². The first-order chi connectivity index (χ1) is 11.7. The first kappa shape index (κ1) is 17.7. The summed E-state index contributed by atoms with van der Waals surface area (Å²) in [5, 5.41) is 9.55. The lowest BCUT2D eigenvalue weighted by Crippen LogP contribution is -2.30. The highest BCUT2D eigenvalue weighted by atomic mass is 32.1. The van der Waals surface area contributed by atoms with Crippen LogP contribution in [0.2, 0.25) is 0 Å². The number of amides is 1. The van der Waals surface area contributed by atoms with Crippen molar-refractivity contribution < 1.29 is 27.9 Å². The Morgan fingerprint density at radius 1 is 1.36 bits per heavy atom. The van der Waals surface area contributed by atoms with Crippen LogP contribution in [0.25, 0.3) is 10.2 Å². The number of benzene rings is 1. The van der Waals surface area contributed by atoms with Crippen LogP contribution in [-0.2, 0) is 22.2 Å². The van der Waals surface area contributed by atoms with Crippen LogP contribution in [0.4, 0.5) is 13.2 Å². The summed E-state index contributed by atoms with van der Waals surface area (Å²) >= 11 is 1.26. The maximum atomic E-state index is 12.7. The van der Waals surface area contributed by atoms with E-state index in [2.05, 4.69) is 4.98 Å². The fraction of sp³-hybridized carbons (Fsp3) is 0.438. The third-order valence-corrected chi connectivity index (χ3v) is 5.30. The van der Waals surface area contributed by atoms with Gasteiger partial charge < -0.3 is 10.0 Å². The van der Waals surface area contributed by atoms with E-state index in [9.17, 15) is 22.8 Å². The molecule has 1 atom stereocenters. The number of halogens is 3. The number of thiazole rings is 1. The summed E-state index contributed by atoms with van der Waals surface area (Å²) in [6.07, 6.45) is -3.47. The second-order valence-corrected chi connectivity index (χ2v) is 7.07. The Balaban J connectivity index is 1.63. The molecule has 0 radical (unpaired) electrons. The highest BCUT2D eigenvalue weighted by Crippen LogP contribution is 2.33. The summed E-state index contributed by atoms with van der Waals surface area (Å²) in [4.78, 5) is 28.8. The maximum Gasteiger partial charge on any atom is 0.416 e. The van der Waals surface area contributed by atoms with Gasteiger partial charge in [-0.25, -0.2) is 4.98 Å². The lowest BCUT2D eigenvalue weighted by atomic mass is 10.1. The van der Waals surface area contributed by atoms with E-state index in [1.54, 1.807) is 0 Å². The molecule has 0 aliphatic carbocycles. The van der Waals surface area contributed by atoms with Crippen LogP contribution in [0.1, 0.15) is 23.4 Å². The van der Waals surface area contributed by atoms with E-state index in [4.69, 9.17) is 5.11 Å². The van der Waals surface area contributed by atoms with Crippen molar-refractivity contribution in [1.82, 2.24) is 9.88 Å². The molecule has 0 saturated carbocycles. The number of aromatic nitrogens is 1. The first-order valence-corrected chi connectivity index (χ1v) is 8.53. The van der Waals surface area contributed by atoms with Crippen molar-refractivity contribution in [3.8, 4) is 0 Å². The number of hydrogen-bond donors (Lipinski definition) is 1. The van der Waals surface area contributed by atoms with E-state index in [0.29, 0.717) is 29.1 Å². The molecule has 1 aliphatic rings. The molecule has 1 amide bonds. The third-order valence-electron chi connectivity index (χ3n) is 4.20. The van der Waals surface area contributed by atoms with Crippen molar-refractivity contribution in [3.05, 3.63) is 28.8 Å². The highest BCUT2D eigenvalue weighted by molar-refractivity contribution is 7.18.